The van der Waals surface area contributed by atoms with Crippen molar-refractivity contribution in [3.05, 3.63) is 42.0 Å². The maximum Gasteiger partial charge on any atom is 0.404 e. The van der Waals surface area contributed by atoms with Crippen LogP contribution in [0.25, 0.3) is 21.1 Å². The van der Waals surface area contributed by atoms with Gasteiger partial charge in [-0.2, -0.15) is 5.10 Å². The standard InChI is InChI=1S/C14H13N5O3S/c20-7-11-12(10-5-9(18-19-10)6-16-14(21)22)23-13(17-11)8-1-3-15-4-2-8/h1-5,16,20H,6-7H2,(H,18,19)(H,21,22). The summed E-state index contributed by atoms with van der Waals surface area (Å²) in [5.41, 5.74) is 2.71. The van der Waals surface area contributed by atoms with Crippen molar-refractivity contribution < 1.29 is 15.0 Å². The number of aromatic amines is 1. The molecule has 0 unspecified atom stereocenters. The van der Waals surface area contributed by atoms with Crippen LogP contribution >= 0.6 is 11.3 Å². The van der Waals surface area contributed by atoms with Gasteiger partial charge in [0, 0.05) is 18.0 Å². The number of hydrogen-bond donors (Lipinski definition) is 4. The van der Waals surface area contributed by atoms with E-state index in [4.69, 9.17) is 5.11 Å². The molecule has 0 bridgehead atoms. The third-order valence-corrected chi connectivity index (χ3v) is 4.25. The number of aromatic nitrogens is 4. The van der Waals surface area contributed by atoms with Crippen LogP contribution in [0, 0.1) is 0 Å². The minimum Gasteiger partial charge on any atom is -0.465 e. The molecule has 0 spiro atoms. The first-order valence-corrected chi connectivity index (χ1v) is 7.51. The van der Waals surface area contributed by atoms with Crippen molar-refractivity contribution in [2.75, 3.05) is 0 Å². The lowest BCUT2D eigenvalue weighted by atomic mass is 10.2. The number of rotatable bonds is 5. The van der Waals surface area contributed by atoms with E-state index in [0.29, 0.717) is 17.1 Å². The predicted molar refractivity (Wildman–Crippen MR) is 83.7 cm³/mol. The molecule has 23 heavy (non-hydrogen) atoms. The van der Waals surface area contributed by atoms with E-state index in [1.165, 1.54) is 11.3 Å². The summed E-state index contributed by atoms with van der Waals surface area (Å²) in [5.74, 6) is 0. The van der Waals surface area contributed by atoms with Gasteiger partial charge < -0.3 is 15.5 Å². The van der Waals surface area contributed by atoms with E-state index in [-0.39, 0.29) is 13.2 Å². The maximum absolute atomic E-state index is 10.5. The van der Waals surface area contributed by atoms with Gasteiger partial charge in [0.25, 0.3) is 0 Å². The number of nitrogens with one attached hydrogen (secondary N) is 2. The van der Waals surface area contributed by atoms with E-state index in [9.17, 15) is 9.90 Å². The minimum absolute atomic E-state index is 0.107. The summed E-state index contributed by atoms with van der Waals surface area (Å²) in [4.78, 5) is 19.7. The number of pyridine rings is 1. The number of carboxylic acid groups (broad SMARTS) is 1. The Morgan fingerprint density at radius 3 is 2.83 bits per heavy atom. The van der Waals surface area contributed by atoms with E-state index in [0.717, 1.165) is 15.4 Å². The fourth-order valence-corrected chi connectivity index (χ4v) is 3.07. The first-order valence-electron chi connectivity index (χ1n) is 6.70. The zero-order valence-electron chi connectivity index (χ0n) is 11.9. The topological polar surface area (TPSA) is 124 Å². The fraction of sp³-hybridized carbons (Fsp3) is 0.143. The van der Waals surface area contributed by atoms with Crippen molar-refractivity contribution in [3.63, 3.8) is 0 Å². The second kappa shape index (κ2) is 6.55. The van der Waals surface area contributed by atoms with Crippen molar-refractivity contribution in [2.45, 2.75) is 13.2 Å². The van der Waals surface area contributed by atoms with Gasteiger partial charge in [0.15, 0.2) is 0 Å². The largest absolute Gasteiger partial charge is 0.465 e. The molecule has 8 nitrogen and oxygen atoms in total. The Morgan fingerprint density at radius 2 is 2.13 bits per heavy atom. The smallest absolute Gasteiger partial charge is 0.404 e. The number of thiazole rings is 1. The molecule has 0 radical (unpaired) electrons. The highest BCUT2D eigenvalue weighted by atomic mass is 32.1. The second-order valence-corrected chi connectivity index (χ2v) is 5.62. The monoisotopic (exact) mass is 331 g/mol. The van der Waals surface area contributed by atoms with E-state index < -0.39 is 6.09 Å². The molecule has 0 saturated carbocycles. The molecule has 0 aliphatic carbocycles. The van der Waals surface area contributed by atoms with Gasteiger partial charge in [0.05, 0.1) is 35.1 Å². The van der Waals surface area contributed by atoms with E-state index in [2.05, 4.69) is 25.5 Å². The number of aliphatic hydroxyl groups excluding tert-OH is 1. The Morgan fingerprint density at radius 1 is 1.35 bits per heavy atom. The molecular formula is C14H13N5O3S. The van der Waals surface area contributed by atoms with Crippen LogP contribution in [-0.4, -0.2) is 36.5 Å². The molecule has 3 rings (SSSR count). The Kier molecular flexibility index (Phi) is 4.31. The Balaban J connectivity index is 1.90. The third-order valence-electron chi connectivity index (χ3n) is 3.07. The Labute approximate surface area is 134 Å². The van der Waals surface area contributed by atoms with Gasteiger partial charge in [0.1, 0.15) is 5.01 Å². The van der Waals surface area contributed by atoms with Crippen LogP contribution < -0.4 is 5.32 Å². The summed E-state index contributed by atoms with van der Waals surface area (Å²) < 4.78 is 0. The van der Waals surface area contributed by atoms with Crippen molar-refractivity contribution in [2.24, 2.45) is 0 Å². The summed E-state index contributed by atoms with van der Waals surface area (Å²) in [7, 11) is 0. The number of H-pyrrole nitrogens is 1. The van der Waals surface area contributed by atoms with Crippen LogP contribution in [-0.2, 0) is 13.2 Å². The van der Waals surface area contributed by atoms with E-state index >= 15 is 0 Å². The van der Waals surface area contributed by atoms with Crippen molar-refractivity contribution in [1.29, 1.82) is 0 Å². The molecule has 0 saturated heterocycles. The van der Waals surface area contributed by atoms with E-state index in [1.807, 2.05) is 12.1 Å². The molecule has 3 aromatic rings. The molecule has 0 aromatic carbocycles. The van der Waals surface area contributed by atoms with Crippen molar-refractivity contribution in [1.82, 2.24) is 25.5 Å². The van der Waals surface area contributed by atoms with Crippen molar-refractivity contribution in [3.8, 4) is 21.1 Å². The highest BCUT2D eigenvalue weighted by Crippen LogP contribution is 2.34. The molecule has 1 amide bonds. The van der Waals surface area contributed by atoms with Crippen LogP contribution in [0.3, 0.4) is 0 Å². The molecule has 9 heteroatoms. The van der Waals surface area contributed by atoms with Crippen LogP contribution in [0.5, 0.6) is 0 Å². The molecule has 0 fully saturated rings. The molecular weight excluding hydrogens is 318 g/mol. The highest BCUT2D eigenvalue weighted by molar-refractivity contribution is 7.18. The summed E-state index contributed by atoms with van der Waals surface area (Å²) in [6.07, 6.45) is 2.25. The lowest BCUT2D eigenvalue weighted by Gasteiger charge is -1.95. The first-order chi connectivity index (χ1) is 11.2. The molecule has 0 aliphatic heterocycles. The van der Waals surface area contributed by atoms with Gasteiger partial charge >= 0.3 is 6.09 Å². The molecule has 3 aromatic heterocycles. The Bertz CT molecular complexity index is 815. The zero-order valence-corrected chi connectivity index (χ0v) is 12.7. The molecule has 3 heterocycles. The summed E-state index contributed by atoms with van der Waals surface area (Å²) >= 11 is 1.42. The lowest BCUT2D eigenvalue weighted by molar-refractivity contribution is 0.194. The quantitative estimate of drug-likeness (QED) is 0.565. The minimum atomic E-state index is -1.11. The number of carbonyl (C=O) groups is 1. The van der Waals surface area contributed by atoms with Crippen LogP contribution in [0.1, 0.15) is 11.4 Å². The van der Waals surface area contributed by atoms with Crippen molar-refractivity contribution >= 4 is 17.4 Å². The van der Waals surface area contributed by atoms with Gasteiger partial charge in [-0.3, -0.25) is 10.1 Å². The molecule has 0 atom stereocenters. The average Bonchev–Trinajstić information content (AvgIpc) is 3.20. The Hall–Kier alpha value is -2.78. The normalized spacial score (nSPS) is 10.7. The first kappa shape index (κ1) is 15.1. The fourth-order valence-electron chi connectivity index (χ4n) is 2.02. The van der Waals surface area contributed by atoms with Gasteiger partial charge in [-0.1, -0.05) is 0 Å². The SMILES string of the molecule is O=C(O)NCc1cc(-c2sc(-c3ccncc3)nc2CO)[nH]n1. The highest BCUT2D eigenvalue weighted by Gasteiger charge is 2.16. The lowest BCUT2D eigenvalue weighted by Crippen LogP contribution is -2.20. The van der Waals surface area contributed by atoms with Crippen LogP contribution in [0.4, 0.5) is 4.79 Å². The van der Waals surface area contributed by atoms with Gasteiger partial charge in [-0.15, -0.1) is 11.3 Å². The summed E-state index contributed by atoms with van der Waals surface area (Å²) in [6.45, 7) is -0.0883. The summed E-state index contributed by atoms with van der Waals surface area (Å²) in [5, 5.41) is 28.1. The number of aliphatic hydroxyl groups is 1. The average molecular weight is 331 g/mol. The predicted octanol–water partition coefficient (Wildman–Crippen LogP) is 1.86. The third kappa shape index (κ3) is 3.35. The molecule has 118 valence electrons. The zero-order chi connectivity index (χ0) is 16.2. The van der Waals surface area contributed by atoms with Gasteiger partial charge in [-0.05, 0) is 18.2 Å². The molecule has 4 N–H and O–H groups in total. The van der Waals surface area contributed by atoms with E-state index in [1.54, 1.807) is 18.5 Å². The van der Waals surface area contributed by atoms with Crippen LogP contribution in [0.15, 0.2) is 30.6 Å². The number of nitrogens with zero attached hydrogens (tertiary/aromatic N) is 3. The van der Waals surface area contributed by atoms with Gasteiger partial charge in [0.2, 0.25) is 0 Å². The molecule has 0 aliphatic rings. The number of hydrogen-bond acceptors (Lipinski definition) is 6. The summed E-state index contributed by atoms with van der Waals surface area (Å²) in [6, 6.07) is 5.43. The number of amides is 1. The van der Waals surface area contributed by atoms with Gasteiger partial charge in [-0.25, -0.2) is 9.78 Å². The van der Waals surface area contributed by atoms with Crippen LogP contribution in [0.2, 0.25) is 0 Å². The maximum atomic E-state index is 10.5. The second-order valence-electron chi connectivity index (χ2n) is 4.62.